The largest absolute Gasteiger partial charge is 0.398 e. The molecule has 100 valence electrons. The SMILES string of the molecule is Nc1cc(S(=O)(=O)N2CC[C@@H](O)C2)c(F)cc1Br. The Morgan fingerprint density at radius 3 is 2.72 bits per heavy atom. The molecule has 1 aromatic rings. The van der Waals surface area contributed by atoms with Gasteiger partial charge in [-0.1, -0.05) is 0 Å². The van der Waals surface area contributed by atoms with E-state index in [-0.39, 0.29) is 18.8 Å². The molecule has 1 aliphatic rings. The fourth-order valence-electron chi connectivity index (χ4n) is 1.81. The Kier molecular flexibility index (Phi) is 3.63. The van der Waals surface area contributed by atoms with E-state index in [1.165, 1.54) is 0 Å². The molecule has 0 amide bonds. The first-order valence-corrected chi connectivity index (χ1v) is 7.48. The molecule has 8 heteroatoms. The number of aliphatic hydroxyl groups excluding tert-OH is 1. The van der Waals surface area contributed by atoms with Gasteiger partial charge in [-0.05, 0) is 34.5 Å². The smallest absolute Gasteiger partial charge is 0.246 e. The summed E-state index contributed by atoms with van der Waals surface area (Å²) < 4.78 is 39.4. The molecule has 1 aromatic carbocycles. The van der Waals surface area contributed by atoms with Crippen molar-refractivity contribution in [3.8, 4) is 0 Å². The maximum absolute atomic E-state index is 13.7. The average Bonchev–Trinajstić information content (AvgIpc) is 2.70. The molecular weight excluding hydrogens is 327 g/mol. The van der Waals surface area contributed by atoms with Crippen molar-refractivity contribution in [3.05, 3.63) is 22.4 Å². The molecule has 1 aliphatic heterocycles. The van der Waals surface area contributed by atoms with Crippen LogP contribution < -0.4 is 5.73 Å². The number of sulfonamides is 1. The zero-order chi connectivity index (χ0) is 13.5. The molecule has 2 rings (SSSR count). The third-order valence-electron chi connectivity index (χ3n) is 2.80. The molecule has 18 heavy (non-hydrogen) atoms. The Labute approximate surface area is 113 Å². The zero-order valence-electron chi connectivity index (χ0n) is 9.31. The Morgan fingerprint density at radius 1 is 1.50 bits per heavy atom. The number of hydrogen-bond donors (Lipinski definition) is 2. The van der Waals surface area contributed by atoms with Gasteiger partial charge in [0.25, 0.3) is 0 Å². The van der Waals surface area contributed by atoms with Crippen LogP contribution in [0, 0.1) is 5.82 Å². The monoisotopic (exact) mass is 338 g/mol. The molecule has 1 heterocycles. The van der Waals surface area contributed by atoms with Crippen molar-refractivity contribution in [1.29, 1.82) is 0 Å². The minimum atomic E-state index is -3.94. The average molecular weight is 339 g/mol. The van der Waals surface area contributed by atoms with Gasteiger partial charge in [-0.15, -0.1) is 0 Å². The number of halogens is 2. The van der Waals surface area contributed by atoms with Crippen LogP contribution in [0.25, 0.3) is 0 Å². The summed E-state index contributed by atoms with van der Waals surface area (Å²) in [6, 6.07) is 2.11. The molecule has 0 bridgehead atoms. The lowest BCUT2D eigenvalue weighted by Gasteiger charge is -2.16. The molecule has 0 aliphatic carbocycles. The second-order valence-electron chi connectivity index (χ2n) is 4.11. The quantitative estimate of drug-likeness (QED) is 0.785. The van der Waals surface area contributed by atoms with E-state index >= 15 is 0 Å². The van der Waals surface area contributed by atoms with E-state index in [4.69, 9.17) is 5.73 Å². The van der Waals surface area contributed by atoms with Crippen molar-refractivity contribution >= 4 is 31.6 Å². The van der Waals surface area contributed by atoms with Gasteiger partial charge >= 0.3 is 0 Å². The van der Waals surface area contributed by atoms with Crippen LogP contribution in [0.4, 0.5) is 10.1 Å². The highest BCUT2D eigenvalue weighted by Gasteiger charge is 2.33. The second-order valence-corrected chi connectivity index (χ2v) is 6.87. The van der Waals surface area contributed by atoms with Crippen LogP contribution in [0.2, 0.25) is 0 Å². The normalized spacial score (nSPS) is 21.4. The van der Waals surface area contributed by atoms with Crippen LogP contribution in [0.5, 0.6) is 0 Å². The molecule has 0 radical (unpaired) electrons. The summed E-state index contributed by atoms with van der Waals surface area (Å²) >= 11 is 3.03. The van der Waals surface area contributed by atoms with E-state index in [1.54, 1.807) is 0 Å². The number of anilines is 1. The zero-order valence-corrected chi connectivity index (χ0v) is 11.7. The summed E-state index contributed by atoms with van der Waals surface area (Å²) in [5.74, 6) is -0.863. The number of nitrogens with zero attached hydrogens (tertiary/aromatic N) is 1. The highest BCUT2D eigenvalue weighted by molar-refractivity contribution is 9.10. The maximum Gasteiger partial charge on any atom is 0.246 e. The lowest BCUT2D eigenvalue weighted by atomic mass is 10.3. The number of aliphatic hydroxyl groups is 1. The second kappa shape index (κ2) is 4.76. The standard InChI is InChI=1S/C10H12BrFN2O3S/c11-7-3-8(12)10(4-9(7)13)18(16,17)14-2-1-6(15)5-14/h3-4,6,15H,1-2,5,13H2/t6-/m1/s1. The molecule has 1 saturated heterocycles. The molecule has 1 atom stereocenters. The van der Waals surface area contributed by atoms with Crippen LogP contribution in [0.3, 0.4) is 0 Å². The summed E-state index contributed by atoms with van der Waals surface area (Å²) in [5.41, 5.74) is 5.71. The number of nitrogen functional groups attached to an aromatic ring is 1. The summed E-state index contributed by atoms with van der Waals surface area (Å²) in [5, 5.41) is 9.35. The van der Waals surface area contributed by atoms with E-state index < -0.39 is 26.8 Å². The van der Waals surface area contributed by atoms with Crippen LogP contribution in [-0.4, -0.2) is 37.0 Å². The van der Waals surface area contributed by atoms with Crippen LogP contribution in [0.1, 0.15) is 6.42 Å². The first-order chi connectivity index (χ1) is 8.32. The van der Waals surface area contributed by atoms with Gasteiger partial charge in [0.05, 0.1) is 6.10 Å². The van der Waals surface area contributed by atoms with Crippen LogP contribution >= 0.6 is 15.9 Å². The number of hydrogen-bond acceptors (Lipinski definition) is 4. The van der Waals surface area contributed by atoms with E-state index in [9.17, 15) is 17.9 Å². The van der Waals surface area contributed by atoms with Gasteiger partial charge in [0.1, 0.15) is 10.7 Å². The third kappa shape index (κ3) is 2.37. The number of rotatable bonds is 2. The van der Waals surface area contributed by atoms with E-state index in [0.717, 1.165) is 16.4 Å². The molecule has 0 spiro atoms. The van der Waals surface area contributed by atoms with Crippen LogP contribution in [0.15, 0.2) is 21.5 Å². The highest BCUT2D eigenvalue weighted by atomic mass is 79.9. The van der Waals surface area contributed by atoms with Gasteiger partial charge in [-0.25, -0.2) is 12.8 Å². The predicted molar refractivity (Wildman–Crippen MR) is 67.9 cm³/mol. The summed E-state index contributed by atoms with van der Waals surface area (Å²) in [6.45, 7) is 0.163. The predicted octanol–water partition coefficient (Wildman–Crippen LogP) is 0.926. The molecule has 0 saturated carbocycles. The fraction of sp³-hybridized carbons (Fsp3) is 0.400. The first-order valence-electron chi connectivity index (χ1n) is 5.25. The van der Waals surface area contributed by atoms with Crippen molar-refractivity contribution < 1.29 is 17.9 Å². The van der Waals surface area contributed by atoms with E-state index in [1.807, 2.05) is 0 Å². The third-order valence-corrected chi connectivity index (χ3v) is 5.36. The van der Waals surface area contributed by atoms with E-state index in [0.29, 0.717) is 10.9 Å². The lowest BCUT2D eigenvalue weighted by molar-refractivity contribution is 0.189. The van der Waals surface area contributed by atoms with Crippen molar-refractivity contribution in [2.45, 2.75) is 17.4 Å². The summed E-state index contributed by atoms with van der Waals surface area (Å²) in [6.07, 6.45) is -0.344. The van der Waals surface area contributed by atoms with Crippen LogP contribution in [-0.2, 0) is 10.0 Å². The van der Waals surface area contributed by atoms with Gasteiger partial charge in [-0.3, -0.25) is 0 Å². The molecule has 0 unspecified atom stereocenters. The Balaban J connectivity index is 2.45. The summed E-state index contributed by atoms with van der Waals surface area (Å²) in [7, 11) is -3.94. The van der Waals surface area contributed by atoms with Gasteiger partial charge in [0.2, 0.25) is 10.0 Å². The molecular formula is C10H12BrFN2O3S. The minimum Gasteiger partial charge on any atom is -0.398 e. The van der Waals surface area contributed by atoms with Gasteiger partial charge in [0.15, 0.2) is 0 Å². The van der Waals surface area contributed by atoms with Crippen molar-refractivity contribution in [2.75, 3.05) is 18.8 Å². The van der Waals surface area contributed by atoms with Crippen molar-refractivity contribution in [2.24, 2.45) is 0 Å². The number of benzene rings is 1. The molecule has 5 nitrogen and oxygen atoms in total. The topological polar surface area (TPSA) is 83.6 Å². The van der Waals surface area contributed by atoms with Gasteiger partial charge in [-0.2, -0.15) is 4.31 Å². The Bertz CT molecular complexity index is 579. The Hall–Kier alpha value is -0.700. The van der Waals surface area contributed by atoms with Crippen molar-refractivity contribution in [1.82, 2.24) is 4.31 Å². The van der Waals surface area contributed by atoms with Crippen molar-refractivity contribution in [3.63, 3.8) is 0 Å². The minimum absolute atomic E-state index is 0.0161. The van der Waals surface area contributed by atoms with E-state index in [2.05, 4.69) is 15.9 Å². The van der Waals surface area contributed by atoms with Gasteiger partial charge in [0, 0.05) is 23.2 Å². The molecule has 3 N–H and O–H groups in total. The number of β-amino-alcohol motifs (C(OH)–C–C–N with tert-alkyl or cyclic N) is 1. The maximum atomic E-state index is 13.7. The summed E-state index contributed by atoms with van der Waals surface area (Å²) in [4.78, 5) is -0.461. The first kappa shape index (κ1) is 13.7. The Morgan fingerprint density at radius 2 is 2.17 bits per heavy atom. The van der Waals surface area contributed by atoms with Gasteiger partial charge < -0.3 is 10.8 Å². The lowest BCUT2D eigenvalue weighted by Crippen LogP contribution is -2.30. The number of nitrogens with two attached hydrogens (primary N) is 1. The highest BCUT2D eigenvalue weighted by Crippen LogP contribution is 2.29. The molecule has 1 fully saturated rings. The molecule has 0 aromatic heterocycles. The fourth-order valence-corrected chi connectivity index (χ4v) is 3.70.